The summed E-state index contributed by atoms with van der Waals surface area (Å²) in [5.74, 6) is -0.206. The molecule has 0 spiro atoms. The van der Waals surface area contributed by atoms with Crippen LogP contribution in [0.4, 0.5) is 4.39 Å². The third kappa shape index (κ3) is 3.75. The Morgan fingerprint density at radius 2 is 1.96 bits per heavy atom. The molecule has 134 valence electrons. The minimum Gasteiger partial charge on any atom is -0.349 e. The van der Waals surface area contributed by atoms with Crippen molar-refractivity contribution in [3.05, 3.63) is 64.7 Å². The first kappa shape index (κ1) is 18.1. The molecule has 0 radical (unpaired) electrons. The second-order valence-electron chi connectivity index (χ2n) is 5.86. The monoisotopic (exact) mass is 372 g/mol. The summed E-state index contributed by atoms with van der Waals surface area (Å²) in [5, 5.41) is 7.68. The normalized spacial score (nSPS) is 10.8. The molecule has 0 aliphatic carbocycles. The summed E-state index contributed by atoms with van der Waals surface area (Å²) in [6, 6.07) is 11.3. The largest absolute Gasteiger partial charge is 0.349 e. The molecule has 1 aromatic heterocycles. The van der Waals surface area contributed by atoms with E-state index in [1.165, 1.54) is 12.1 Å². The third-order valence-electron chi connectivity index (χ3n) is 3.85. The molecule has 0 unspecified atom stereocenters. The average Bonchev–Trinajstić information content (AvgIpc) is 3.07. The van der Waals surface area contributed by atoms with Crippen LogP contribution in [0, 0.1) is 12.7 Å². The second-order valence-corrected chi connectivity index (χ2v) is 6.30. The molecule has 7 heteroatoms. The van der Waals surface area contributed by atoms with Gasteiger partial charge in [-0.3, -0.25) is 4.79 Å². The molecule has 26 heavy (non-hydrogen) atoms. The van der Waals surface area contributed by atoms with E-state index >= 15 is 0 Å². The summed E-state index contributed by atoms with van der Waals surface area (Å²) in [5.41, 5.74) is 2.27. The Hall–Kier alpha value is -2.73. The number of carbonyl (C=O) groups excluding carboxylic acids is 1. The van der Waals surface area contributed by atoms with Gasteiger partial charge < -0.3 is 5.32 Å². The van der Waals surface area contributed by atoms with Crippen molar-refractivity contribution in [2.45, 2.75) is 20.3 Å². The van der Waals surface area contributed by atoms with E-state index in [0.717, 1.165) is 12.0 Å². The van der Waals surface area contributed by atoms with E-state index in [2.05, 4.69) is 15.4 Å². The molecular weight excluding hydrogens is 355 g/mol. The summed E-state index contributed by atoms with van der Waals surface area (Å²) in [4.78, 5) is 16.7. The van der Waals surface area contributed by atoms with Gasteiger partial charge in [-0.2, -0.15) is 0 Å². The number of hydrogen-bond acceptors (Lipinski definition) is 3. The van der Waals surface area contributed by atoms with Gasteiger partial charge in [-0.05, 0) is 55.3 Å². The van der Waals surface area contributed by atoms with Gasteiger partial charge in [0.2, 0.25) is 5.82 Å². The fourth-order valence-electron chi connectivity index (χ4n) is 2.49. The Morgan fingerprint density at radius 3 is 2.65 bits per heavy atom. The zero-order valence-electron chi connectivity index (χ0n) is 14.5. The van der Waals surface area contributed by atoms with E-state index in [1.54, 1.807) is 28.9 Å². The van der Waals surface area contributed by atoms with Crippen LogP contribution in [0.5, 0.6) is 0 Å². The van der Waals surface area contributed by atoms with Crippen LogP contribution in [0.1, 0.15) is 29.5 Å². The highest BCUT2D eigenvalue weighted by molar-refractivity contribution is 6.30. The molecule has 0 aliphatic heterocycles. The van der Waals surface area contributed by atoms with Crippen molar-refractivity contribution in [3.8, 4) is 17.1 Å². The van der Waals surface area contributed by atoms with Crippen LogP contribution < -0.4 is 5.32 Å². The molecule has 1 amide bonds. The van der Waals surface area contributed by atoms with Crippen LogP contribution >= 0.6 is 11.6 Å². The van der Waals surface area contributed by atoms with Gasteiger partial charge >= 0.3 is 0 Å². The SMILES string of the molecule is CCCNC(=O)c1nc(-c2ccc(F)cc2)n(-c2cc(Cl)ccc2C)n1. The van der Waals surface area contributed by atoms with Gasteiger partial charge in [0, 0.05) is 17.1 Å². The van der Waals surface area contributed by atoms with Gasteiger partial charge in [0.05, 0.1) is 5.69 Å². The number of rotatable bonds is 5. The molecular formula is C19H18ClFN4O. The number of nitrogens with one attached hydrogen (secondary N) is 1. The maximum Gasteiger partial charge on any atom is 0.290 e. The lowest BCUT2D eigenvalue weighted by atomic mass is 10.1. The van der Waals surface area contributed by atoms with E-state index in [0.29, 0.717) is 28.6 Å². The first-order valence-corrected chi connectivity index (χ1v) is 8.65. The molecule has 0 aliphatic rings. The summed E-state index contributed by atoms with van der Waals surface area (Å²) < 4.78 is 14.9. The van der Waals surface area contributed by atoms with E-state index in [9.17, 15) is 9.18 Å². The first-order valence-electron chi connectivity index (χ1n) is 8.27. The van der Waals surface area contributed by atoms with Crippen molar-refractivity contribution in [1.82, 2.24) is 20.1 Å². The summed E-state index contributed by atoms with van der Waals surface area (Å²) in [7, 11) is 0. The Bertz CT molecular complexity index is 937. The Balaban J connectivity index is 2.14. The number of nitrogens with zero attached hydrogens (tertiary/aromatic N) is 3. The van der Waals surface area contributed by atoms with Crippen molar-refractivity contribution < 1.29 is 9.18 Å². The minimum absolute atomic E-state index is 0.0529. The van der Waals surface area contributed by atoms with Gasteiger partial charge in [-0.15, -0.1) is 5.10 Å². The molecule has 0 saturated carbocycles. The fraction of sp³-hybridized carbons (Fsp3) is 0.211. The topological polar surface area (TPSA) is 59.8 Å². The zero-order chi connectivity index (χ0) is 18.7. The van der Waals surface area contributed by atoms with Crippen molar-refractivity contribution in [1.29, 1.82) is 0 Å². The lowest BCUT2D eigenvalue weighted by Crippen LogP contribution is -2.25. The fourth-order valence-corrected chi connectivity index (χ4v) is 2.66. The van der Waals surface area contributed by atoms with E-state index < -0.39 is 0 Å². The van der Waals surface area contributed by atoms with Crippen LogP contribution in [0.2, 0.25) is 5.02 Å². The van der Waals surface area contributed by atoms with E-state index in [1.807, 2.05) is 19.9 Å². The van der Waals surface area contributed by atoms with Gasteiger partial charge in [0.15, 0.2) is 5.82 Å². The van der Waals surface area contributed by atoms with Crippen molar-refractivity contribution >= 4 is 17.5 Å². The molecule has 0 bridgehead atoms. The number of aromatic nitrogens is 3. The molecule has 5 nitrogen and oxygen atoms in total. The predicted octanol–water partition coefficient (Wildman–Crippen LogP) is 4.18. The Labute approximate surface area is 155 Å². The standard InChI is InChI=1S/C19H18ClFN4O/c1-3-10-22-19(26)17-23-18(13-5-8-15(21)9-6-13)25(24-17)16-11-14(20)7-4-12(16)2/h4-9,11H,3,10H2,1-2H3,(H,22,26). The Kier molecular flexibility index (Phi) is 5.32. The molecule has 0 fully saturated rings. The number of amides is 1. The first-order chi connectivity index (χ1) is 12.5. The molecule has 0 atom stereocenters. The molecule has 1 heterocycles. The highest BCUT2D eigenvalue weighted by atomic mass is 35.5. The number of halogens is 2. The summed E-state index contributed by atoms with van der Waals surface area (Å²) in [6.07, 6.45) is 0.810. The number of carbonyl (C=O) groups is 1. The van der Waals surface area contributed by atoms with Crippen LogP contribution in [-0.2, 0) is 0 Å². The molecule has 3 rings (SSSR count). The van der Waals surface area contributed by atoms with Gasteiger partial charge in [-0.25, -0.2) is 14.1 Å². The maximum atomic E-state index is 13.3. The second kappa shape index (κ2) is 7.66. The van der Waals surface area contributed by atoms with Crippen LogP contribution in [-0.4, -0.2) is 27.2 Å². The molecule has 2 aromatic carbocycles. The van der Waals surface area contributed by atoms with Gasteiger partial charge in [0.25, 0.3) is 5.91 Å². The van der Waals surface area contributed by atoms with Crippen molar-refractivity contribution in [3.63, 3.8) is 0 Å². The van der Waals surface area contributed by atoms with Crippen molar-refractivity contribution in [2.24, 2.45) is 0 Å². The van der Waals surface area contributed by atoms with Crippen LogP contribution in [0.15, 0.2) is 42.5 Å². The molecule has 0 saturated heterocycles. The molecule has 3 aromatic rings. The Morgan fingerprint density at radius 1 is 1.23 bits per heavy atom. The van der Waals surface area contributed by atoms with Crippen molar-refractivity contribution in [2.75, 3.05) is 6.54 Å². The maximum absolute atomic E-state index is 13.3. The number of hydrogen-bond donors (Lipinski definition) is 1. The third-order valence-corrected chi connectivity index (χ3v) is 4.08. The smallest absolute Gasteiger partial charge is 0.290 e. The highest BCUT2D eigenvalue weighted by Crippen LogP contribution is 2.25. The van der Waals surface area contributed by atoms with Crippen LogP contribution in [0.3, 0.4) is 0 Å². The van der Waals surface area contributed by atoms with E-state index in [4.69, 9.17) is 11.6 Å². The van der Waals surface area contributed by atoms with E-state index in [-0.39, 0.29) is 17.5 Å². The number of aryl methyl sites for hydroxylation is 1. The zero-order valence-corrected chi connectivity index (χ0v) is 15.2. The van der Waals surface area contributed by atoms with Crippen LogP contribution in [0.25, 0.3) is 17.1 Å². The molecule has 1 N–H and O–H groups in total. The lowest BCUT2D eigenvalue weighted by molar-refractivity contribution is 0.0943. The predicted molar refractivity (Wildman–Crippen MR) is 99.1 cm³/mol. The average molecular weight is 373 g/mol. The van der Waals surface area contributed by atoms with Gasteiger partial charge in [0.1, 0.15) is 5.82 Å². The number of benzene rings is 2. The summed E-state index contributed by atoms with van der Waals surface area (Å²) >= 11 is 6.13. The summed E-state index contributed by atoms with van der Waals surface area (Å²) in [6.45, 7) is 4.42. The minimum atomic E-state index is -0.353. The quantitative estimate of drug-likeness (QED) is 0.731. The lowest BCUT2D eigenvalue weighted by Gasteiger charge is -2.09. The van der Waals surface area contributed by atoms with Gasteiger partial charge in [-0.1, -0.05) is 24.6 Å². The highest BCUT2D eigenvalue weighted by Gasteiger charge is 2.19.